The number of carbonyl (C=O) groups excluding carboxylic acids is 2. The number of hydrogen-bond acceptors (Lipinski definition) is 3. The third kappa shape index (κ3) is 6.07. The number of urea groups is 1. The summed E-state index contributed by atoms with van der Waals surface area (Å²) in [6.07, 6.45) is 5.50. The Morgan fingerprint density at radius 3 is 2.74 bits per heavy atom. The zero-order valence-electron chi connectivity index (χ0n) is 15.4. The van der Waals surface area contributed by atoms with E-state index in [-0.39, 0.29) is 48.8 Å². The van der Waals surface area contributed by atoms with Crippen LogP contribution in [0.5, 0.6) is 0 Å². The van der Waals surface area contributed by atoms with E-state index in [1.165, 1.54) is 18.6 Å². The second-order valence-corrected chi connectivity index (χ2v) is 7.02. The molecule has 0 bridgehead atoms. The summed E-state index contributed by atoms with van der Waals surface area (Å²) in [5.74, 6) is -0.468. The molecule has 3 rings (SSSR count). The van der Waals surface area contributed by atoms with E-state index >= 15 is 0 Å². The molecule has 0 spiro atoms. The fourth-order valence-corrected chi connectivity index (χ4v) is 3.76. The molecule has 150 valence electrons. The van der Waals surface area contributed by atoms with Gasteiger partial charge in [0.05, 0.1) is 12.6 Å². The molecule has 1 saturated carbocycles. The van der Waals surface area contributed by atoms with E-state index in [0.29, 0.717) is 19.6 Å². The summed E-state index contributed by atoms with van der Waals surface area (Å²) >= 11 is 0. The van der Waals surface area contributed by atoms with E-state index in [0.717, 1.165) is 31.2 Å². The maximum absolute atomic E-state index is 13.5. The lowest BCUT2D eigenvalue weighted by atomic mass is 9.96. The molecule has 1 aromatic carbocycles. The first kappa shape index (κ1) is 21.4. The molecule has 0 aromatic heterocycles. The highest BCUT2D eigenvalue weighted by molar-refractivity contribution is 5.85. The van der Waals surface area contributed by atoms with Gasteiger partial charge >= 0.3 is 6.03 Å². The van der Waals surface area contributed by atoms with E-state index in [1.54, 1.807) is 11.0 Å². The van der Waals surface area contributed by atoms with Crippen molar-refractivity contribution < 1.29 is 14.0 Å². The Morgan fingerprint density at radius 1 is 1.22 bits per heavy atom. The van der Waals surface area contributed by atoms with Crippen LogP contribution in [0.4, 0.5) is 9.18 Å². The fourth-order valence-electron chi connectivity index (χ4n) is 3.76. The summed E-state index contributed by atoms with van der Waals surface area (Å²) in [6.45, 7) is 1.74. The lowest BCUT2D eigenvalue weighted by Crippen LogP contribution is -2.52. The number of amides is 3. The molecule has 1 unspecified atom stereocenters. The molecule has 2 aliphatic rings. The maximum Gasteiger partial charge on any atom is 0.315 e. The van der Waals surface area contributed by atoms with Gasteiger partial charge in [-0.2, -0.15) is 0 Å². The topological polar surface area (TPSA) is 73.5 Å². The Morgan fingerprint density at radius 2 is 2.00 bits per heavy atom. The van der Waals surface area contributed by atoms with Crippen LogP contribution in [0.2, 0.25) is 0 Å². The van der Waals surface area contributed by atoms with E-state index in [9.17, 15) is 14.0 Å². The quantitative estimate of drug-likeness (QED) is 0.729. The van der Waals surface area contributed by atoms with E-state index in [2.05, 4.69) is 16.0 Å². The van der Waals surface area contributed by atoms with Gasteiger partial charge in [-0.05, 0) is 30.5 Å². The predicted molar refractivity (Wildman–Crippen MR) is 104 cm³/mol. The molecule has 1 aromatic rings. The van der Waals surface area contributed by atoms with Crippen molar-refractivity contribution in [1.82, 2.24) is 20.9 Å². The third-order valence-electron chi connectivity index (χ3n) is 5.14. The van der Waals surface area contributed by atoms with Crippen molar-refractivity contribution in [3.05, 3.63) is 35.6 Å². The van der Waals surface area contributed by atoms with Crippen LogP contribution in [0.3, 0.4) is 0 Å². The molecule has 1 aliphatic carbocycles. The zero-order chi connectivity index (χ0) is 18.4. The van der Waals surface area contributed by atoms with E-state index in [4.69, 9.17) is 0 Å². The molecule has 1 saturated heterocycles. The van der Waals surface area contributed by atoms with Gasteiger partial charge in [0.15, 0.2) is 0 Å². The molecule has 3 N–H and O–H groups in total. The fraction of sp³-hybridized carbons (Fsp3) is 0.579. The third-order valence-corrected chi connectivity index (χ3v) is 5.14. The minimum Gasteiger partial charge on any atom is -0.335 e. The van der Waals surface area contributed by atoms with Crippen molar-refractivity contribution in [2.24, 2.45) is 0 Å². The molecular weight excluding hydrogens is 371 g/mol. The Hall–Kier alpha value is -1.86. The van der Waals surface area contributed by atoms with Crippen molar-refractivity contribution in [3.63, 3.8) is 0 Å². The Kier molecular flexibility index (Phi) is 8.31. The minimum atomic E-state index is -0.314. The van der Waals surface area contributed by atoms with Gasteiger partial charge in [-0.25, -0.2) is 9.18 Å². The normalized spacial score (nSPS) is 20.5. The molecule has 0 radical (unpaired) electrons. The predicted octanol–water partition coefficient (Wildman–Crippen LogP) is 2.35. The Balaban J connectivity index is 0.00000261. The smallest absolute Gasteiger partial charge is 0.315 e. The van der Waals surface area contributed by atoms with Crippen LogP contribution in [-0.2, 0) is 4.79 Å². The highest BCUT2D eigenvalue weighted by atomic mass is 35.5. The number of nitrogens with zero attached hydrogens (tertiary/aromatic N) is 1. The molecule has 27 heavy (non-hydrogen) atoms. The molecule has 2 fully saturated rings. The first-order valence-electron chi connectivity index (χ1n) is 9.43. The average molecular weight is 399 g/mol. The highest BCUT2D eigenvalue weighted by Crippen LogP contribution is 2.23. The van der Waals surface area contributed by atoms with Crippen molar-refractivity contribution >= 4 is 24.3 Å². The molecule has 1 aliphatic heterocycles. The summed E-state index contributed by atoms with van der Waals surface area (Å²) in [5, 5.41) is 8.86. The SMILES string of the molecule is Cl.O=C(NCC(=O)N1CCNCC1c1cccc(F)c1)NC1CCCCC1. The van der Waals surface area contributed by atoms with Gasteiger partial charge < -0.3 is 20.9 Å². The zero-order valence-corrected chi connectivity index (χ0v) is 16.2. The van der Waals surface area contributed by atoms with E-state index < -0.39 is 0 Å². The number of nitrogens with one attached hydrogen (secondary N) is 3. The van der Waals surface area contributed by atoms with Crippen LogP contribution in [-0.4, -0.2) is 49.1 Å². The molecule has 1 heterocycles. The second-order valence-electron chi connectivity index (χ2n) is 7.02. The van der Waals surface area contributed by atoms with E-state index in [1.807, 2.05) is 6.07 Å². The summed E-state index contributed by atoms with van der Waals surface area (Å²) in [7, 11) is 0. The standard InChI is InChI=1S/C19H27FN4O2.ClH/c20-15-6-4-5-14(11-15)17-12-21-9-10-24(17)18(25)13-22-19(26)23-16-7-2-1-3-8-16;/h4-6,11,16-17,21H,1-3,7-10,12-13H2,(H2,22,23,26);1H. The van der Waals surface area contributed by atoms with Gasteiger partial charge in [0.2, 0.25) is 5.91 Å². The number of carbonyl (C=O) groups is 2. The van der Waals surface area contributed by atoms with Gasteiger partial charge in [0.25, 0.3) is 0 Å². The van der Waals surface area contributed by atoms with Crippen LogP contribution in [0.15, 0.2) is 24.3 Å². The molecule has 3 amide bonds. The summed E-state index contributed by atoms with van der Waals surface area (Å²) < 4.78 is 13.5. The minimum absolute atomic E-state index is 0. The largest absolute Gasteiger partial charge is 0.335 e. The lowest BCUT2D eigenvalue weighted by Gasteiger charge is -2.36. The lowest BCUT2D eigenvalue weighted by molar-refractivity contribution is -0.133. The number of rotatable bonds is 4. The van der Waals surface area contributed by atoms with Gasteiger partial charge in [0, 0.05) is 25.7 Å². The molecule has 1 atom stereocenters. The Labute approximate surface area is 165 Å². The maximum atomic E-state index is 13.5. The number of halogens is 2. The molecule has 8 heteroatoms. The van der Waals surface area contributed by atoms with Gasteiger partial charge in [0.1, 0.15) is 5.82 Å². The molecule has 6 nitrogen and oxygen atoms in total. The van der Waals surface area contributed by atoms with Crippen molar-refractivity contribution in [1.29, 1.82) is 0 Å². The molecular formula is C19H28ClFN4O2. The van der Waals surface area contributed by atoms with Crippen LogP contribution >= 0.6 is 12.4 Å². The number of hydrogen-bond donors (Lipinski definition) is 3. The van der Waals surface area contributed by atoms with Gasteiger partial charge in [-0.1, -0.05) is 31.4 Å². The van der Waals surface area contributed by atoms with Crippen molar-refractivity contribution in [3.8, 4) is 0 Å². The van der Waals surface area contributed by atoms with Crippen LogP contribution < -0.4 is 16.0 Å². The number of benzene rings is 1. The van der Waals surface area contributed by atoms with Crippen molar-refractivity contribution in [2.45, 2.75) is 44.2 Å². The summed E-state index contributed by atoms with van der Waals surface area (Å²) in [6, 6.07) is 6.02. The van der Waals surface area contributed by atoms with Gasteiger partial charge in [-0.15, -0.1) is 12.4 Å². The average Bonchev–Trinajstić information content (AvgIpc) is 2.67. The summed E-state index contributed by atoms with van der Waals surface area (Å²) in [4.78, 5) is 26.4. The summed E-state index contributed by atoms with van der Waals surface area (Å²) in [5.41, 5.74) is 0.761. The van der Waals surface area contributed by atoms with Crippen LogP contribution in [0.25, 0.3) is 0 Å². The van der Waals surface area contributed by atoms with Crippen molar-refractivity contribution in [2.75, 3.05) is 26.2 Å². The first-order valence-corrected chi connectivity index (χ1v) is 9.43. The first-order chi connectivity index (χ1) is 12.6. The number of piperazine rings is 1. The second kappa shape index (κ2) is 10.5. The monoisotopic (exact) mass is 398 g/mol. The van der Waals surface area contributed by atoms with Crippen LogP contribution in [0.1, 0.15) is 43.7 Å². The van der Waals surface area contributed by atoms with Crippen LogP contribution in [0, 0.1) is 5.82 Å². The van der Waals surface area contributed by atoms with Gasteiger partial charge in [-0.3, -0.25) is 4.79 Å². The Bertz CT molecular complexity index is 640. The highest BCUT2D eigenvalue weighted by Gasteiger charge is 2.28.